The van der Waals surface area contributed by atoms with Crippen LogP contribution in [-0.2, 0) is 9.59 Å². The molecule has 0 aromatic carbocycles. The van der Waals surface area contributed by atoms with Gasteiger partial charge in [0.1, 0.15) is 30.8 Å². The summed E-state index contributed by atoms with van der Waals surface area (Å²) in [6, 6.07) is -2.06. The molecule has 2 rings (SSSR count). The van der Waals surface area contributed by atoms with Gasteiger partial charge in [0.15, 0.2) is 0 Å². The fraction of sp³-hybridized carbons (Fsp3) is 0.667. The average Bonchev–Trinajstić information content (AvgIpc) is 2.33. The average molecular weight is 242 g/mol. The van der Waals surface area contributed by atoms with E-state index in [0.717, 1.165) is 4.90 Å². The van der Waals surface area contributed by atoms with Gasteiger partial charge in [-0.05, 0) is 0 Å². The molecule has 4 atom stereocenters. The molecule has 2 heterocycles. The van der Waals surface area contributed by atoms with E-state index in [1.54, 1.807) is 0 Å². The minimum atomic E-state index is -1.12. The largest absolute Gasteiger partial charge is 0.376 e. The molecule has 17 heavy (non-hydrogen) atoms. The Balaban J connectivity index is 2.27. The molecule has 0 saturated carbocycles. The van der Waals surface area contributed by atoms with Crippen molar-refractivity contribution in [2.75, 3.05) is 14.1 Å². The summed E-state index contributed by atoms with van der Waals surface area (Å²) in [7, 11) is 2.89. The molecule has 94 valence electrons. The van der Waals surface area contributed by atoms with Crippen LogP contribution in [0.1, 0.15) is 0 Å². The Bertz CT molecular complexity index is 374. The zero-order valence-electron chi connectivity index (χ0n) is 9.45. The van der Waals surface area contributed by atoms with Crippen LogP contribution in [-0.4, -0.2) is 71.7 Å². The Morgan fingerprint density at radius 3 is 2.53 bits per heavy atom. The van der Waals surface area contributed by atoms with Crippen molar-refractivity contribution in [3.05, 3.63) is 0 Å². The molecule has 8 nitrogen and oxygen atoms in total. The molecule has 2 aliphatic heterocycles. The first-order valence-electron chi connectivity index (χ1n) is 5.17. The highest BCUT2D eigenvalue weighted by Gasteiger charge is 2.48. The molecule has 3 amide bonds. The van der Waals surface area contributed by atoms with Crippen LogP contribution in [0.3, 0.4) is 0 Å². The standard InChI is InChI=1S/C9H14N4O4/c1-12-6-5(8(16)13(2)9(12)17)10-4(3-14)7(15)11-6/h3-7,10-11,15H,1-2H3. The van der Waals surface area contributed by atoms with E-state index in [1.807, 2.05) is 0 Å². The third kappa shape index (κ3) is 1.70. The SMILES string of the molecule is CN1C(=O)C2NC(C=O)C(O)NC2N(C)C1=O. The molecule has 0 bridgehead atoms. The number of likely N-dealkylation sites (N-methyl/N-ethyl adjacent to an activating group) is 2. The van der Waals surface area contributed by atoms with Gasteiger partial charge in [0.05, 0.1) is 0 Å². The molecular weight excluding hydrogens is 228 g/mol. The number of hydrogen-bond donors (Lipinski definition) is 3. The van der Waals surface area contributed by atoms with E-state index in [-0.39, 0.29) is 0 Å². The van der Waals surface area contributed by atoms with Crippen LogP contribution in [0.25, 0.3) is 0 Å². The number of carbonyl (C=O) groups excluding carboxylic acids is 3. The van der Waals surface area contributed by atoms with Gasteiger partial charge in [-0.1, -0.05) is 0 Å². The number of fused-ring (bicyclic) bond motifs is 1. The summed E-state index contributed by atoms with van der Waals surface area (Å²) in [5.41, 5.74) is 0. The predicted molar refractivity (Wildman–Crippen MR) is 55.6 cm³/mol. The molecule has 2 fully saturated rings. The van der Waals surface area contributed by atoms with Crippen molar-refractivity contribution in [2.24, 2.45) is 0 Å². The lowest BCUT2D eigenvalue weighted by Gasteiger charge is -2.47. The zero-order chi connectivity index (χ0) is 12.7. The second kappa shape index (κ2) is 4.06. The first-order valence-corrected chi connectivity index (χ1v) is 5.17. The van der Waals surface area contributed by atoms with E-state index >= 15 is 0 Å². The van der Waals surface area contributed by atoms with Gasteiger partial charge in [0, 0.05) is 14.1 Å². The van der Waals surface area contributed by atoms with Crippen molar-refractivity contribution in [2.45, 2.75) is 24.5 Å². The summed E-state index contributed by atoms with van der Waals surface area (Å²) in [5, 5.41) is 15.0. The summed E-state index contributed by atoms with van der Waals surface area (Å²) < 4.78 is 0. The van der Waals surface area contributed by atoms with Crippen LogP contribution < -0.4 is 10.6 Å². The fourth-order valence-electron chi connectivity index (χ4n) is 2.08. The fourth-order valence-corrected chi connectivity index (χ4v) is 2.08. The normalized spacial score (nSPS) is 38.1. The lowest BCUT2D eigenvalue weighted by Crippen LogP contribution is -2.78. The molecule has 0 aromatic heterocycles. The number of hydrogen-bond acceptors (Lipinski definition) is 6. The maximum absolute atomic E-state index is 11.9. The highest BCUT2D eigenvalue weighted by Crippen LogP contribution is 2.17. The number of aliphatic hydroxyl groups is 1. The van der Waals surface area contributed by atoms with Gasteiger partial charge in [0.2, 0.25) is 0 Å². The van der Waals surface area contributed by atoms with Crippen molar-refractivity contribution in [3.63, 3.8) is 0 Å². The number of nitrogens with one attached hydrogen (secondary N) is 2. The van der Waals surface area contributed by atoms with E-state index < -0.39 is 36.4 Å². The Morgan fingerprint density at radius 1 is 1.29 bits per heavy atom. The van der Waals surface area contributed by atoms with Crippen LogP contribution in [0.15, 0.2) is 0 Å². The first-order chi connectivity index (χ1) is 7.97. The highest BCUT2D eigenvalue weighted by molar-refractivity contribution is 6.00. The van der Waals surface area contributed by atoms with E-state index in [9.17, 15) is 19.5 Å². The third-order valence-corrected chi connectivity index (χ3v) is 3.12. The van der Waals surface area contributed by atoms with Crippen molar-refractivity contribution in [1.29, 1.82) is 0 Å². The van der Waals surface area contributed by atoms with Crippen molar-refractivity contribution in [1.82, 2.24) is 20.4 Å². The number of aldehydes is 1. The molecule has 2 saturated heterocycles. The van der Waals surface area contributed by atoms with Gasteiger partial charge in [-0.2, -0.15) is 0 Å². The Morgan fingerprint density at radius 2 is 1.94 bits per heavy atom. The highest BCUT2D eigenvalue weighted by atomic mass is 16.3. The van der Waals surface area contributed by atoms with E-state index in [0.29, 0.717) is 6.29 Å². The van der Waals surface area contributed by atoms with E-state index in [1.165, 1.54) is 19.0 Å². The lowest BCUT2D eigenvalue weighted by atomic mass is 10.0. The lowest BCUT2D eigenvalue weighted by molar-refractivity contribution is -0.140. The van der Waals surface area contributed by atoms with Gasteiger partial charge < -0.3 is 14.8 Å². The van der Waals surface area contributed by atoms with Crippen LogP contribution >= 0.6 is 0 Å². The topological polar surface area (TPSA) is 102 Å². The molecule has 0 aliphatic carbocycles. The monoisotopic (exact) mass is 242 g/mol. The molecule has 2 aliphatic rings. The van der Waals surface area contributed by atoms with Gasteiger partial charge in [-0.3, -0.25) is 20.3 Å². The number of amides is 3. The number of aliphatic hydroxyl groups excluding tert-OH is 1. The van der Waals surface area contributed by atoms with Gasteiger partial charge >= 0.3 is 6.03 Å². The summed E-state index contributed by atoms with van der Waals surface area (Å²) in [4.78, 5) is 36.5. The van der Waals surface area contributed by atoms with Crippen molar-refractivity contribution < 1.29 is 19.5 Å². The Labute approximate surface area is 97.5 Å². The van der Waals surface area contributed by atoms with E-state index in [2.05, 4.69) is 10.6 Å². The third-order valence-electron chi connectivity index (χ3n) is 3.12. The van der Waals surface area contributed by atoms with Gasteiger partial charge in [-0.25, -0.2) is 4.79 Å². The van der Waals surface area contributed by atoms with Crippen LogP contribution in [0.5, 0.6) is 0 Å². The molecule has 3 N–H and O–H groups in total. The summed E-state index contributed by atoms with van der Waals surface area (Å²) in [6.45, 7) is 0. The van der Waals surface area contributed by atoms with Gasteiger partial charge in [0.25, 0.3) is 5.91 Å². The zero-order valence-corrected chi connectivity index (χ0v) is 9.45. The minimum Gasteiger partial charge on any atom is -0.376 e. The summed E-state index contributed by atoms with van der Waals surface area (Å²) in [6.07, 6.45) is -1.25. The van der Waals surface area contributed by atoms with Crippen LogP contribution in [0.2, 0.25) is 0 Å². The second-order valence-electron chi connectivity index (χ2n) is 4.15. The molecule has 0 aromatic rings. The van der Waals surface area contributed by atoms with Crippen LogP contribution in [0, 0.1) is 0 Å². The van der Waals surface area contributed by atoms with Gasteiger partial charge in [-0.15, -0.1) is 0 Å². The number of piperazine rings is 1. The van der Waals surface area contributed by atoms with Crippen molar-refractivity contribution >= 4 is 18.2 Å². The summed E-state index contributed by atoms with van der Waals surface area (Å²) >= 11 is 0. The van der Waals surface area contributed by atoms with E-state index in [4.69, 9.17) is 0 Å². The predicted octanol–water partition coefficient (Wildman–Crippen LogP) is -2.72. The van der Waals surface area contributed by atoms with Crippen molar-refractivity contribution in [3.8, 4) is 0 Å². The molecule has 0 radical (unpaired) electrons. The quantitative estimate of drug-likeness (QED) is 0.432. The second-order valence-corrected chi connectivity index (χ2v) is 4.15. The number of imide groups is 1. The first kappa shape index (κ1) is 12.0. The molecule has 4 unspecified atom stereocenters. The smallest absolute Gasteiger partial charge is 0.327 e. The number of carbonyl (C=O) groups is 3. The number of rotatable bonds is 1. The maximum atomic E-state index is 11.9. The maximum Gasteiger partial charge on any atom is 0.327 e. The molecular formula is C9H14N4O4. The number of nitrogens with zero attached hydrogens (tertiary/aromatic N) is 2. The molecule has 0 spiro atoms. The minimum absolute atomic E-state index is 0.427. The Hall–Kier alpha value is -1.51. The number of urea groups is 1. The summed E-state index contributed by atoms with van der Waals surface area (Å²) in [5.74, 6) is -0.427. The molecule has 8 heteroatoms. The Kier molecular flexibility index (Phi) is 2.86. The van der Waals surface area contributed by atoms with Crippen LogP contribution in [0.4, 0.5) is 4.79 Å².